The average molecular weight is 315 g/mol. The third kappa shape index (κ3) is 2.92. The predicted molar refractivity (Wildman–Crippen MR) is 68.9 cm³/mol. The highest BCUT2D eigenvalue weighted by Crippen LogP contribution is 2.23. The first-order chi connectivity index (χ1) is 8.06. The minimum Gasteiger partial charge on any atom is -0.333 e. The molecule has 0 saturated carbocycles. The standard InChI is InChI=1S/C10H11BrN4OS/c1-6-12-9(14-13-6)5-15(2)10(16)7-3-4-8(11)17-7/h3-4H,5H2,1-2H3,(H,12,13,14). The highest BCUT2D eigenvalue weighted by atomic mass is 79.9. The van der Waals surface area contributed by atoms with E-state index < -0.39 is 0 Å². The Hall–Kier alpha value is -1.21. The Morgan fingerprint density at radius 1 is 1.59 bits per heavy atom. The number of hydrogen-bond acceptors (Lipinski definition) is 4. The van der Waals surface area contributed by atoms with Gasteiger partial charge in [0.2, 0.25) is 0 Å². The van der Waals surface area contributed by atoms with Crippen LogP contribution in [0.15, 0.2) is 15.9 Å². The van der Waals surface area contributed by atoms with E-state index in [0.29, 0.717) is 17.2 Å². The summed E-state index contributed by atoms with van der Waals surface area (Å²) in [5.41, 5.74) is 0. The van der Waals surface area contributed by atoms with Gasteiger partial charge < -0.3 is 4.90 Å². The number of halogens is 1. The molecular formula is C10H11BrN4OS. The Balaban J connectivity index is 2.05. The van der Waals surface area contributed by atoms with Gasteiger partial charge in [0.15, 0.2) is 5.82 Å². The van der Waals surface area contributed by atoms with E-state index >= 15 is 0 Å². The first kappa shape index (κ1) is 12.3. The maximum atomic E-state index is 12.0. The van der Waals surface area contributed by atoms with Crippen LogP contribution >= 0.6 is 27.3 Å². The number of rotatable bonds is 3. The van der Waals surface area contributed by atoms with Crippen molar-refractivity contribution in [3.8, 4) is 0 Å². The number of nitrogens with zero attached hydrogens (tertiary/aromatic N) is 3. The van der Waals surface area contributed by atoms with Crippen LogP contribution in [-0.4, -0.2) is 33.0 Å². The lowest BCUT2D eigenvalue weighted by molar-refractivity contribution is 0.0786. The maximum Gasteiger partial charge on any atom is 0.264 e. The van der Waals surface area contributed by atoms with E-state index in [-0.39, 0.29) is 5.91 Å². The van der Waals surface area contributed by atoms with Crippen molar-refractivity contribution < 1.29 is 4.79 Å². The van der Waals surface area contributed by atoms with Gasteiger partial charge in [-0.25, -0.2) is 4.98 Å². The summed E-state index contributed by atoms with van der Waals surface area (Å²) in [6, 6.07) is 3.67. The molecule has 90 valence electrons. The van der Waals surface area contributed by atoms with Crippen molar-refractivity contribution in [3.05, 3.63) is 32.4 Å². The smallest absolute Gasteiger partial charge is 0.264 e. The van der Waals surface area contributed by atoms with Crippen LogP contribution in [0.3, 0.4) is 0 Å². The summed E-state index contributed by atoms with van der Waals surface area (Å²) < 4.78 is 0.947. The molecule has 2 rings (SSSR count). The number of carbonyl (C=O) groups excluding carboxylic acids is 1. The zero-order valence-electron chi connectivity index (χ0n) is 9.40. The van der Waals surface area contributed by atoms with Gasteiger partial charge in [0.1, 0.15) is 5.82 Å². The van der Waals surface area contributed by atoms with Gasteiger partial charge in [-0.1, -0.05) is 0 Å². The number of aryl methyl sites for hydroxylation is 1. The number of aromatic nitrogens is 3. The molecule has 0 bridgehead atoms. The SMILES string of the molecule is Cc1nc(CN(C)C(=O)c2ccc(Br)s2)n[nH]1. The third-order valence-corrected chi connectivity index (χ3v) is 3.76. The fourth-order valence-corrected chi connectivity index (χ4v) is 2.74. The molecule has 0 spiro atoms. The molecule has 0 fully saturated rings. The van der Waals surface area contributed by atoms with E-state index in [1.807, 2.05) is 13.0 Å². The first-order valence-corrected chi connectivity index (χ1v) is 6.56. The number of hydrogen-bond donors (Lipinski definition) is 1. The fraction of sp³-hybridized carbons (Fsp3) is 0.300. The summed E-state index contributed by atoms with van der Waals surface area (Å²) in [5.74, 6) is 1.34. The van der Waals surface area contributed by atoms with Crippen molar-refractivity contribution in [1.29, 1.82) is 0 Å². The molecule has 0 aliphatic carbocycles. The summed E-state index contributed by atoms with van der Waals surface area (Å²) in [6.07, 6.45) is 0. The second kappa shape index (κ2) is 4.97. The van der Waals surface area contributed by atoms with Crippen molar-refractivity contribution in [2.24, 2.45) is 0 Å². The lowest BCUT2D eigenvalue weighted by atomic mass is 10.4. The lowest BCUT2D eigenvalue weighted by Gasteiger charge is -2.13. The van der Waals surface area contributed by atoms with Gasteiger partial charge in [-0.2, -0.15) is 5.10 Å². The van der Waals surface area contributed by atoms with Crippen molar-refractivity contribution in [2.75, 3.05) is 7.05 Å². The topological polar surface area (TPSA) is 61.9 Å². The number of amides is 1. The molecule has 5 nitrogen and oxygen atoms in total. The molecule has 17 heavy (non-hydrogen) atoms. The molecule has 0 aromatic carbocycles. The van der Waals surface area contributed by atoms with Crippen LogP contribution in [0.5, 0.6) is 0 Å². The molecule has 7 heteroatoms. The molecule has 2 aromatic rings. The van der Waals surface area contributed by atoms with Gasteiger partial charge in [-0.15, -0.1) is 11.3 Å². The minimum atomic E-state index is -0.0249. The average Bonchev–Trinajstić information content (AvgIpc) is 2.87. The molecule has 2 aromatic heterocycles. The number of nitrogens with one attached hydrogen (secondary N) is 1. The molecule has 2 heterocycles. The van der Waals surface area contributed by atoms with Gasteiger partial charge in [-0.05, 0) is 35.0 Å². The van der Waals surface area contributed by atoms with Crippen molar-refractivity contribution >= 4 is 33.2 Å². The second-order valence-electron chi connectivity index (χ2n) is 3.60. The molecule has 0 aliphatic heterocycles. The predicted octanol–water partition coefficient (Wildman–Crippen LogP) is 2.21. The van der Waals surface area contributed by atoms with Crippen LogP contribution in [0.4, 0.5) is 0 Å². The number of H-pyrrole nitrogens is 1. The maximum absolute atomic E-state index is 12.0. The summed E-state index contributed by atoms with van der Waals surface area (Å²) in [6.45, 7) is 2.23. The molecule has 0 radical (unpaired) electrons. The van der Waals surface area contributed by atoms with E-state index in [1.54, 1.807) is 18.0 Å². The van der Waals surface area contributed by atoms with E-state index in [2.05, 4.69) is 31.1 Å². The Labute approximate surface area is 111 Å². The molecule has 0 atom stereocenters. The fourth-order valence-electron chi connectivity index (χ4n) is 1.36. The number of aromatic amines is 1. The van der Waals surface area contributed by atoms with Crippen molar-refractivity contribution in [2.45, 2.75) is 13.5 Å². The Morgan fingerprint density at radius 3 is 2.88 bits per heavy atom. The van der Waals surface area contributed by atoms with E-state index in [0.717, 1.165) is 9.61 Å². The molecule has 1 amide bonds. The van der Waals surface area contributed by atoms with E-state index in [4.69, 9.17) is 0 Å². The van der Waals surface area contributed by atoms with Gasteiger partial charge in [0.25, 0.3) is 5.91 Å². The van der Waals surface area contributed by atoms with Crippen LogP contribution in [-0.2, 0) is 6.54 Å². The normalized spacial score (nSPS) is 10.5. The molecule has 0 aliphatic rings. The van der Waals surface area contributed by atoms with Crippen LogP contribution in [0, 0.1) is 6.92 Å². The quantitative estimate of drug-likeness (QED) is 0.944. The number of carbonyl (C=O) groups is 1. The first-order valence-electron chi connectivity index (χ1n) is 4.95. The van der Waals surface area contributed by atoms with Crippen molar-refractivity contribution in [3.63, 3.8) is 0 Å². The molecule has 0 unspecified atom stereocenters. The Morgan fingerprint density at radius 2 is 2.35 bits per heavy atom. The van der Waals surface area contributed by atoms with Gasteiger partial charge in [0.05, 0.1) is 15.2 Å². The van der Waals surface area contributed by atoms with Crippen LogP contribution in [0.25, 0.3) is 0 Å². The molecule has 0 saturated heterocycles. The zero-order chi connectivity index (χ0) is 12.4. The summed E-state index contributed by atoms with van der Waals surface area (Å²) >= 11 is 4.75. The van der Waals surface area contributed by atoms with Crippen LogP contribution in [0.1, 0.15) is 21.3 Å². The van der Waals surface area contributed by atoms with E-state index in [1.165, 1.54) is 11.3 Å². The lowest BCUT2D eigenvalue weighted by Crippen LogP contribution is -2.25. The largest absolute Gasteiger partial charge is 0.333 e. The zero-order valence-corrected chi connectivity index (χ0v) is 11.8. The molecule has 1 N–H and O–H groups in total. The van der Waals surface area contributed by atoms with Crippen LogP contribution < -0.4 is 0 Å². The monoisotopic (exact) mass is 314 g/mol. The van der Waals surface area contributed by atoms with Gasteiger partial charge in [-0.3, -0.25) is 9.89 Å². The van der Waals surface area contributed by atoms with Gasteiger partial charge in [0, 0.05) is 7.05 Å². The summed E-state index contributed by atoms with van der Waals surface area (Å²) in [4.78, 5) is 18.5. The Kier molecular flexibility index (Phi) is 3.58. The highest BCUT2D eigenvalue weighted by molar-refractivity contribution is 9.11. The summed E-state index contributed by atoms with van der Waals surface area (Å²) in [5, 5.41) is 6.75. The van der Waals surface area contributed by atoms with E-state index in [9.17, 15) is 4.79 Å². The minimum absolute atomic E-state index is 0.0249. The van der Waals surface area contributed by atoms with Crippen molar-refractivity contribution in [1.82, 2.24) is 20.1 Å². The highest BCUT2D eigenvalue weighted by Gasteiger charge is 2.15. The Bertz CT molecular complexity index is 536. The second-order valence-corrected chi connectivity index (χ2v) is 6.07. The molecular weight excluding hydrogens is 304 g/mol. The number of thiophene rings is 1. The van der Waals surface area contributed by atoms with Gasteiger partial charge >= 0.3 is 0 Å². The van der Waals surface area contributed by atoms with Crippen LogP contribution in [0.2, 0.25) is 0 Å². The third-order valence-electron chi connectivity index (χ3n) is 2.15. The summed E-state index contributed by atoms with van der Waals surface area (Å²) in [7, 11) is 1.74.